The van der Waals surface area contributed by atoms with Crippen molar-refractivity contribution < 1.29 is 25.2 Å². The lowest BCUT2D eigenvalue weighted by atomic mass is 10.1. The van der Waals surface area contributed by atoms with E-state index in [0.29, 0.717) is 48.2 Å². The number of carbonyl (C=O) groups is 1. The maximum atomic E-state index is 12.6. The predicted octanol–water partition coefficient (Wildman–Crippen LogP) is 1.35. The fourth-order valence-corrected chi connectivity index (χ4v) is 4.33. The number of aromatic nitrogens is 2. The number of benzene rings is 1. The van der Waals surface area contributed by atoms with Gasteiger partial charge in [0.2, 0.25) is 0 Å². The van der Waals surface area contributed by atoms with Crippen molar-refractivity contribution in [2.24, 2.45) is 0 Å². The van der Waals surface area contributed by atoms with Gasteiger partial charge in [-0.2, -0.15) is 0 Å². The number of phenols is 1. The molecule has 164 valence electrons. The first-order chi connectivity index (χ1) is 14.9. The van der Waals surface area contributed by atoms with E-state index in [1.807, 2.05) is 4.90 Å². The fourth-order valence-electron chi connectivity index (χ4n) is 3.44. The third-order valence-corrected chi connectivity index (χ3v) is 5.97. The summed E-state index contributed by atoms with van der Waals surface area (Å²) < 4.78 is 0.789. The molecule has 4 rings (SSSR count). The molecule has 0 aliphatic carbocycles. The normalized spacial score (nSPS) is 15.3. The van der Waals surface area contributed by atoms with E-state index in [4.69, 9.17) is 5.11 Å². The van der Waals surface area contributed by atoms with Crippen LogP contribution in [0.4, 0.5) is 15.7 Å². The quantitative estimate of drug-likeness (QED) is 0.396. The van der Waals surface area contributed by atoms with E-state index in [1.54, 1.807) is 29.3 Å². The van der Waals surface area contributed by atoms with Gasteiger partial charge < -0.3 is 30.2 Å². The molecule has 0 bridgehead atoms. The van der Waals surface area contributed by atoms with Gasteiger partial charge in [0.05, 0.1) is 22.9 Å². The average molecular weight is 446 g/mol. The molecule has 5 N–H and O–H groups in total. The number of fused-ring (bicyclic) bond motifs is 1. The monoisotopic (exact) mass is 445 g/mol. The summed E-state index contributed by atoms with van der Waals surface area (Å²) in [5, 5.41) is 41.6. The summed E-state index contributed by atoms with van der Waals surface area (Å²) in [6.07, 6.45) is 0.879. The number of hydrogen-bond donors (Lipinski definition) is 5. The second-order valence-corrected chi connectivity index (χ2v) is 8.33. The Morgan fingerprint density at radius 3 is 2.68 bits per heavy atom. The van der Waals surface area contributed by atoms with Gasteiger partial charge in [0, 0.05) is 38.8 Å². The van der Waals surface area contributed by atoms with Crippen molar-refractivity contribution in [3.63, 3.8) is 0 Å². The smallest absolute Gasteiger partial charge is 0.323 e. The van der Waals surface area contributed by atoms with Crippen LogP contribution in [0, 0.1) is 0 Å². The third-order valence-electron chi connectivity index (χ3n) is 5.04. The van der Waals surface area contributed by atoms with Gasteiger partial charge in [-0.25, -0.2) is 14.8 Å². The molecule has 1 fully saturated rings. The van der Waals surface area contributed by atoms with E-state index < -0.39 is 6.10 Å². The average Bonchev–Trinajstić information content (AvgIpc) is 3.15. The Balaban J connectivity index is 1.35. The number of nitrogens with zero attached hydrogens (tertiary/aromatic N) is 4. The molecule has 1 aromatic carbocycles. The van der Waals surface area contributed by atoms with Crippen LogP contribution in [0.5, 0.6) is 11.5 Å². The summed E-state index contributed by atoms with van der Waals surface area (Å²) in [7, 11) is 0. The van der Waals surface area contributed by atoms with E-state index in [2.05, 4.69) is 15.3 Å². The summed E-state index contributed by atoms with van der Waals surface area (Å²) in [6.45, 7) is 1.54. The van der Waals surface area contributed by atoms with Gasteiger partial charge in [-0.3, -0.25) is 5.32 Å². The molecule has 3 heterocycles. The fraction of sp³-hybridized carbons (Fsp3) is 0.350. The van der Waals surface area contributed by atoms with Crippen LogP contribution in [0.1, 0.15) is 5.56 Å². The highest BCUT2D eigenvalue weighted by molar-refractivity contribution is 7.22. The van der Waals surface area contributed by atoms with Crippen molar-refractivity contribution in [2.45, 2.75) is 12.5 Å². The van der Waals surface area contributed by atoms with Crippen LogP contribution in [0.2, 0.25) is 0 Å². The van der Waals surface area contributed by atoms with E-state index in [1.165, 1.54) is 17.4 Å². The zero-order valence-electron chi connectivity index (χ0n) is 16.6. The molecule has 1 aliphatic rings. The van der Waals surface area contributed by atoms with Crippen LogP contribution in [0.25, 0.3) is 10.2 Å². The van der Waals surface area contributed by atoms with Crippen LogP contribution in [-0.4, -0.2) is 80.2 Å². The number of rotatable bonds is 5. The van der Waals surface area contributed by atoms with Gasteiger partial charge in [0.1, 0.15) is 5.75 Å². The highest BCUT2D eigenvalue weighted by atomic mass is 32.1. The molecule has 2 aromatic heterocycles. The summed E-state index contributed by atoms with van der Waals surface area (Å²) in [6, 6.07) is 6.14. The molecular weight excluding hydrogens is 422 g/mol. The summed E-state index contributed by atoms with van der Waals surface area (Å²) in [5.74, 6) is 0.575. The summed E-state index contributed by atoms with van der Waals surface area (Å²) >= 11 is 1.29. The van der Waals surface area contributed by atoms with Crippen LogP contribution < -0.4 is 10.2 Å². The van der Waals surface area contributed by atoms with Crippen LogP contribution in [0.15, 0.2) is 30.5 Å². The van der Waals surface area contributed by atoms with Crippen LogP contribution in [-0.2, 0) is 6.42 Å². The van der Waals surface area contributed by atoms with Crippen LogP contribution in [0.3, 0.4) is 0 Å². The number of anilines is 2. The Morgan fingerprint density at radius 2 is 1.97 bits per heavy atom. The Kier molecular flexibility index (Phi) is 6.07. The first-order valence-electron chi connectivity index (χ1n) is 9.80. The van der Waals surface area contributed by atoms with Gasteiger partial charge in [0.25, 0.3) is 0 Å². The number of phenolic OH excluding ortho intramolecular Hbond substituents is 1. The van der Waals surface area contributed by atoms with Gasteiger partial charge in [0.15, 0.2) is 16.7 Å². The van der Waals surface area contributed by atoms with Crippen molar-refractivity contribution in [3.05, 3.63) is 36.0 Å². The molecule has 1 atom stereocenters. The van der Waals surface area contributed by atoms with Gasteiger partial charge in [-0.15, -0.1) is 0 Å². The Bertz CT molecular complexity index is 1080. The summed E-state index contributed by atoms with van der Waals surface area (Å²) in [4.78, 5) is 24.8. The first-order valence-corrected chi connectivity index (χ1v) is 10.6. The molecule has 10 nitrogen and oxygen atoms in total. The number of pyridine rings is 1. The number of urea groups is 1. The minimum absolute atomic E-state index is 0.00160. The second-order valence-electron chi connectivity index (χ2n) is 7.30. The molecule has 0 radical (unpaired) electrons. The minimum Gasteiger partial charge on any atom is -0.508 e. The van der Waals surface area contributed by atoms with E-state index in [9.17, 15) is 20.1 Å². The lowest BCUT2D eigenvalue weighted by Crippen LogP contribution is -2.50. The Morgan fingerprint density at radius 1 is 1.19 bits per heavy atom. The van der Waals surface area contributed by atoms with Gasteiger partial charge in [-0.1, -0.05) is 11.3 Å². The summed E-state index contributed by atoms with van der Waals surface area (Å²) in [5.41, 5.74) is 1.34. The van der Waals surface area contributed by atoms with Crippen LogP contribution >= 0.6 is 11.3 Å². The van der Waals surface area contributed by atoms with E-state index in [0.717, 1.165) is 4.70 Å². The standard InChI is InChI=1S/C20H23N5O5S/c26-11-14(28)7-12-8-16(29)18(21-10-12)24-3-5-25(6-4-24)20(30)23-19-22-15-2-1-13(27)9-17(15)31-19/h1-2,8-10,14,26-29H,3-7,11H2,(H,22,23,30). The van der Waals surface area contributed by atoms with E-state index >= 15 is 0 Å². The van der Waals surface area contributed by atoms with Crippen molar-refractivity contribution in [1.29, 1.82) is 0 Å². The minimum atomic E-state index is -0.893. The van der Waals surface area contributed by atoms with Gasteiger partial charge >= 0.3 is 6.03 Å². The number of amides is 2. The zero-order valence-corrected chi connectivity index (χ0v) is 17.4. The molecule has 3 aromatic rings. The second kappa shape index (κ2) is 8.92. The van der Waals surface area contributed by atoms with E-state index in [-0.39, 0.29) is 30.6 Å². The lowest BCUT2D eigenvalue weighted by Gasteiger charge is -2.35. The number of thiazole rings is 1. The molecule has 1 aliphatic heterocycles. The molecule has 0 spiro atoms. The first kappa shape index (κ1) is 21.1. The molecule has 0 saturated carbocycles. The molecular formula is C20H23N5O5S. The number of aliphatic hydroxyl groups is 2. The molecule has 1 saturated heterocycles. The predicted molar refractivity (Wildman–Crippen MR) is 117 cm³/mol. The van der Waals surface area contributed by atoms with Crippen molar-refractivity contribution in [2.75, 3.05) is 43.0 Å². The number of piperazine rings is 1. The Hall–Kier alpha value is -3.15. The third kappa shape index (κ3) is 4.79. The molecule has 2 amide bonds. The highest BCUT2D eigenvalue weighted by Gasteiger charge is 2.24. The topological polar surface area (TPSA) is 142 Å². The maximum absolute atomic E-state index is 12.6. The largest absolute Gasteiger partial charge is 0.508 e. The maximum Gasteiger partial charge on any atom is 0.323 e. The number of nitrogens with one attached hydrogen (secondary N) is 1. The van der Waals surface area contributed by atoms with Crippen molar-refractivity contribution in [3.8, 4) is 11.5 Å². The van der Waals surface area contributed by atoms with Gasteiger partial charge in [-0.05, 0) is 29.8 Å². The molecule has 31 heavy (non-hydrogen) atoms. The number of hydrogen-bond acceptors (Lipinski definition) is 9. The molecule has 1 unspecified atom stereocenters. The number of carbonyl (C=O) groups excluding carboxylic acids is 1. The number of aliphatic hydroxyl groups excluding tert-OH is 2. The Labute approximate surface area is 182 Å². The van der Waals surface area contributed by atoms with Crippen molar-refractivity contribution >= 4 is 38.5 Å². The highest BCUT2D eigenvalue weighted by Crippen LogP contribution is 2.29. The zero-order chi connectivity index (χ0) is 22.0. The number of aromatic hydroxyl groups is 2. The van der Waals surface area contributed by atoms with Crippen molar-refractivity contribution in [1.82, 2.24) is 14.9 Å². The lowest BCUT2D eigenvalue weighted by molar-refractivity contribution is 0.0954. The SMILES string of the molecule is O=C(Nc1nc2ccc(O)cc2s1)N1CCN(c2ncc(CC(O)CO)cc2O)CC1. The molecule has 11 heteroatoms.